The van der Waals surface area contributed by atoms with Crippen molar-refractivity contribution in [3.63, 3.8) is 0 Å². The van der Waals surface area contributed by atoms with E-state index in [0.717, 1.165) is 33.6 Å². The lowest BCUT2D eigenvalue weighted by atomic mass is 10.1. The summed E-state index contributed by atoms with van der Waals surface area (Å²) in [6.07, 6.45) is 5.84. The Bertz CT molecular complexity index is 1120. The summed E-state index contributed by atoms with van der Waals surface area (Å²) in [6, 6.07) is 28.8. The van der Waals surface area contributed by atoms with E-state index in [1.165, 1.54) is 0 Å². The summed E-state index contributed by atoms with van der Waals surface area (Å²) in [6.45, 7) is 0. The van der Waals surface area contributed by atoms with Crippen molar-refractivity contribution in [2.45, 2.75) is 0 Å². The molecule has 0 saturated heterocycles. The number of rotatable bonds is 5. The fourth-order valence-corrected chi connectivity index (χ4v) is 3.94. The number of benzene rings is 2. The van der Waals surface area contributed by atoms with Crippen LogP contribution < -0.4 is 4.90 Å². The molecule has 0 saturated carbocycles. The molecule has 0 unspecified atom stereocenters. The molecule has 0 aliphatic rings. The second-order valence-electron chi connectivity index (χ2n) is 6.50. The first kappa shape index (κ1) is 17.4. The van der Waals surface area contributed by atoms with Gasteiger partial charge in [-0.25, -0.2) is 9.97 Å². The predicted molar refractivity (Wildman–Crippen MR) is 119 cm³/mol. The molecule has 3 aromatic heterocycles. The molecule has 0 atom stereocenters. The Balaban J connectivity index is 1.64. The van der Waals surface area contributed by atoms with Crippen LogP contribution in [0.25, 0.3) is 16.4 Å². The highest BCUT2D eigenvalue weighted by Gasteiger charge is 2.15. The van der Waals surface area contributed by atoms with Crippen molar-refractivity contribution >= 4 is 28.5 Å². The molecule has 2 aromatic carbocycles. The lowest BCUT2D eigenvalue weighted by Gasteiger charge is -2.25. The van der Waals surface area contributed by atoms with Gasteiger partial charge in [0.1, 0.15) is 16.6 Å². The number of para-hydroxylation sites is 1. The highest BCUT2D eigenvalue weighted by atomic mass is 32.1. The standard InChI is InChI=1S/C24H18N4S/c1-2-9-20(10-3-1)28(21-11-6-8-19(18-21)24-25-14-17-29-24)23-13-7-12-22(26-23)27-15-4-5-16-27/h1-18H. The van der Waals surface area contributed by atoms with Crippen LogP contribution in [0.15, 0.2) is 109 Å². The molecule has 29 heavy (non-hydrogen) atoms. The SMILES string of the molecule is c1ccc(N(c2cccc(-c3nccs3)c2)c2cccc(-n3cccc3)n2)cc1. The number of pyridine rings is 1. The zero-order chi connectivity index (χ0) is 19.5. The van der Waals surface area contributed by atoms with Crippen LogP contribution in [0.4, 0.5) is 17.2 Å². The number of hydrogen-bond acceptors (Lipinski definition) is 4. The Morgan fingerprint density at radius 2 is 1.55 bits per heavy atom. The second kappa shape index (κ2) is 7.73. The quantitative estimate of drug-likeness (QED) is 0.343. The van der Waals surface area contributed by atoms with Gasteiger partial charge in [-0.3, -0.25) is 4.90 Å². The Morgan fingerprint density at radius 1 is 0.759 bits per heavy atom. The number of aromatic nitrogens is 3. The van der Waals surface area contributed by atoms with Crippen LogP contribution in [-0.2, 0) is 0 Å². The summed E-state index contributed by atoms with van der Waals surface area (Å²) in [5, 5.41) is 3.01. The molecule has 0 aliphatic heterocycles. The Morgan fingerprint density at radius 3 is 2.34 bits per heavy atom. The van der Waals surface area contributed by atoms with E-state index in [4.69, 9.17) is 4.98 Å². The average molecular weight is 395 g/mol. The molecule has 4 nitrogen and oxygen atoms in total. The van der Waals surface area contributed by atoms with Crippen LogP contribution in [0.5, 0.6) is 0 Å². The van der Waals surface area contributed by atoms with Crippen molar-refractivity contribution in [1.29, 1.82) is 0 Å². The molecule has 0 bridgehead atoms. The highest BCUT2D eigenvalue weighted by molar-refractivity contribution is 7.13. The van der Waals surface area contributed by atoms with E-state index >= 15 is 0 Å². The van der Waals surface area contributed by atoms with Crippen LogP contribution in [0, 0.1) is 0 Å². The van der Waals surface area contributed by atoms with Gasteiger partial charge in [0.05, 0.1) is 0 Å². The molecule has 0 aliphatic carbocycles. The van der Waals surface area contributed by atoms with Crippen LogP contribution in [0.2, 0.25) is 0 Å². The van der Waals surface area contributed by atoms with Crippen LogP contribution in [0.1, 0.15) is 0 Å². The van der Waals surface area contributed by atoms with Crippen molar-refractivity contribution in [3.8, 4) is 16.4 Å². The molecule has 5 heteroatoms. The molecule has 0 radical (unpaired) electrons. The summed E-state index contributed by atoms with van der Waals surface area (Å²) in [5.41, 5.74) is 3.20. The van der Waals surface area contributed by atoms with E-state index in [1.54, 1.807) is 11.3 Å². The molecule has 0 amide bonds. The van der Waals surface area contributed by atoms with Crippen molar-refractivity contribution in [1.82, 2.24) is 14.5 Å². The maximum absolute atomic E-state index is 4.94. The van der Waals surface area contributed by atoms with E-state index in [9.17, 15) is 0 Å². The van der Waals surface area contributed by atoms with E-state index < -0.39 is 0 Å². The van der Waals surface area contributed by atoms with Gasteiger partial charge < -0.3 is 4.57 Å². The first-order valence-electron chi connectivity index (χ1n) is 9.34. The second-order valence-corrected chi connectivity index (χ2v) is 7.40. The fraction of sp³-hybridized carbons (Fsp3) is 0. The largest absolute Gasteiger partial charge is 0.309 e. The molecule has 3 heterocycles. The van der Waals surface area contributed by atoms with Gasteiger partial charge in [-0.15, -0.1) is 11.3 Å². The summed E-state index contributed by atoms with van der Waals surface area (Å²) >= 11 is 1.64. The zero-order valence-electron chi connectivity index (χ0n) is 15.6. The maximum Gasteiger partial charge on any atom is 0.140 e. The summed E-state index contributed by atoms with van der Waals surface area (Å²) in [4.78, 5) is 11.6. The van der Waals surface area contributed by atoms with Crippen molar-refractivity contribution < 1.29 is 0 Å². The Hall–Kier alpha value is -3.70. The number of thiazole rings is 1. The molecule has 5 aromatic rings. The van der Waals surface area contributed by atoms with E-state index in [1.807, 2.05) is 77.1 Å². The molecule has 140 valence electrons. The third-order valence-corrected chi connectivity index (χ3v) is 5.44. The number of nitrogens with zero attached hydrogens (tertiary/aromatic N) is 4. The van der Waals surface area contributed by atoms with Gasteiger partial charge in [-0.2, -0.15) is 0 Å². The van der Waals surface area contributed by atoms with Crippen LogP contribution >= 0.6 is 11.3 Å². The van der Waals surface area contributed by atoms with Gasteiger partial charge in [0, 0.05) is 40.9 Å². The van der Waals surface area contributed by atoms with Gasteiger partial charge in [0.2, 0.25) is 0 Å². The van der Waals surface area contributed by atoms with Gasteiger partial charge in [-0.1, -0.05) is 36.4 Å². The van der Waals surface area contributed by atoms with Crippen LogP contribution in [0.3, 0.4) is 0 Å². The van der Waals surface area contributed by atoms with Gasteiger partial charge in [0.15, 0.2) is 0 Å². The minimum absolute atomic E-state index is 0.860. The summed E-state index contributed by atoms with van der Waals surface area (Å²) in [5.74, 6) is 1.74. The Kier molecular flexibility index (Phi) is 4.64. The van der Waals surface area contributed by atoms with Crippen molar-refractivity contribution in [2.24, 2.45) is 0 Å². The lowest BCUT2D eigenvalue weighted by Crippen LogP contribution is -2.12. The van der Waals surface area contributed by atoms with E-state index in [0.29, 0.717) is 0 Å². The van der Waals surface area contributed by atoms with Crippen molar-refractivity contribution in [2.75, 3.05) is 4.90 Å². The first-order chi connectivity index (χ1) is 14.4. The number of hydrogen-bond donors (Lipinski definition) is 0. The van der Waals surface area contributed by atoms with E-state index in [2.05, 4.69) is 46.3 Å². The molecular formula is C24H18N4S. The first-order valence-corrected chi connectivity index (χ1v) is 10.2. The highest BCUT2D eigenvalue weighted by Crippen LogP contribution is 2.35. The van der Waals surface area contributed by atoms with Crippen molar-refractivity contribution in [3.05, 3.63) is 109 Å². The predicted octanol–water partition coefficient (Wildman–Crippen LogP) is 6.47. The van der Waals surface area contributed by atoms with Crippen LogP contribution in [-0.4, -0.2) is 14.5 Å². The topological polar surface area (TPSA) is 34.0 Å². The Labute approximate surface area is 173 Å². The zero-order valence-corrected chi connectivity index (χ0v) is 16.4. The smallest absolute Gasteiger partial charge is 0.140 e. The molecule has 0 N–H and O–H groups in total. The normalized spacial score (nSPS) is 10.8. The molecule has 0 spiro atoms. The third kappa shape index (κ3) is 3.56. The van der Waals surface area contributed by atoms with Gasteiger partial charge in [0.25, 0.3) is 0 Å². The molecule has 5 rings (SSSR count). The minimum atomic E-state index is 0.860. The third-order valence-electron chi connectivity index (χ3n) is 4.62. The number of anilines is 3. The maximum atomic E-state index is 4.94. The minimum Gasteiger partial charge on any atom is -0.309 e. The van der Waals surface area contributed by atoms with Gasteiger partial charge in [-0.05, 0) is 48.5 Å². The summed E-state index contributed by atoms with van der Waals surface area (Å²) < 4.78 is 2.01. The lowest BCUT2D eigenvalue weighted by molar-refractivity contribution is 0.999. The fourth-order valence-electron chi connectivity index (χ4n) is 3.30. The average Bonchev–Trinajstić information content (AvgIpc) is 3.50. The molecule has 0 fully saturated rings. The molecular weight excluding hydrogens is 376 g/mol. The summed E-state index contributed by atoms with van der Waals surface area (Å²) in [7, 11) is 0. The van der Waals surface area contributed by atoms with Gasteiger partial charge >= 0.3 is 0 Å². The monoisotopic (exact) mass is 394 g/mol. The van der Waals surface area contributed by atoms with E-state index in [-0.39, 0.29) is 0 Å².